The Balaban J connectivity index is 1.48. The number of hydrogen-bond donors (Lipinski definition) is 3. The standard InChI is InChI=1S/C26H25FN8O2/c1-26(2,37)23(27)14-32-25(36)19-13-29-21(22-6-5-18-7-15(9-28)10-33-35(18)22)8-20(19)34-17-11-30-24(31-12-17)16-3-4-16/h5-8,10-13,16,23,37H,3-4,14H2,1-2H3,(H,29,34)(H,32,36)/t23-/m1/s1. The lowest BCUT2D eigenvalue weighted by Crippen LogP contribution is -2.42. The number of nitrogens with zero attached hydrogens (tertiary/aromatic N) is 6. The van der Waals surface area contributed by atoms with Gasteiger partial charge in [-0.1, -0.05) is 0 Å². The van der Waals surface area contributed by atoms with Crippen molar-refractivity contribution >= 4 is 22.8 Å². The van der Waals surface area contributed by atoms with Crippen LogP contribution in [-0.4, -0.2) is 53.9 Å². The molecule has 1 aliphatic carbocycles. The van der Waals surface area contributed by atoms with Crippen LogP contribution in [0.5, 0.6) is 0 Å². The minimum Gasteiger partial charge on any atom is -0.387 e. The second-order valence-electron chi connectivity index (χ2n) is 9.59. The maximum absolute atomic E-state index is 14.3. The molecule has 4 heterocycles. The van der Waals surface area contributed by atoms with Crippen molar-refractivity contribution in [3.05, 3.63) is 66.0 Å². The lowest BCUT2D eigenvalue weighted by atomic mass is 10.0. The third-order valence-corrected chi connectivity index (χ3v) is 6.14. The van der Waals surface area contributed by atoms with E-state index in [0.717, 1.165) is 24.2 Å². The average Bonchev–Trinajstić information content (AvgIpc) is 3.65. The van der Waals surface area contributed by atoms with E-state index in [1.165, 1.54) is 26.2 Å². The summed E-state index contributed by atoms with van der Waals surface area (Å²) in [6, 6.07) is 9.11. The SMILES string of the molecule is CC(C)(O)[C@H](F)CNC(=O)c1cnc(-c2ccc3cc(C#N)cnn23)cc1Nc1cnc(C2CC2)nc1. The van der Waals surface area contributed by atoms with E-state index < -0.39 is 17.7 Å². The van der Waals surface area contributed by atoms with E-state index in [9.17, 15) is 14.3 Å². The van der Waals surface area contributed by atoms with E-state index in [1.807, 2.05) is 12.1 Å². The normalized spacial score (nSPS) is 14.2. The fourth-order valence-corrected chi connectivity index (χ4v) is 3.77. The maximum Gasteiger partial charge on any atom is 0.255 e. The molecule has 1 amide bonds. The summed E-state index contributed by atoms with van der Waals surface area (Å²) in [5.41, 5.74) is 1.90. The van der Waals surface area contributed by atoms with Gasteiger partial charge < -0.3 is 15.7 Å². The molecule has 5 rings (SSSR count). The molecule has 1 atom stereocenters. The number of amides is 1. The zero-order valence-electron chi connectivity index (χ0n) is 20.3. The van der Waals surface area contributed by atoms with Crippen molar-refractivity contribution in [3.8, 4) is 17.5 Å². The molecule has 11 heteroatoms. The van der Waals surface area contributed by atoms with Crippen molar-refractivity contribution in [1.82, 2.24) is 29.9 Å². The number of nitrogens with one attached hydrogen (secondary N) is 2. The van der Waals surface area contributed by atoms with E-state index in [4.69, 9.17) is 5.26 Å². The summed E-state index contributed by atoms with van der Waals surface area (Å²) in [4.78, 5) is 26.3. The van der Waals surface area contributed by atoms with Crippen LogP contribution in [0.2, 0.25) is 0 Å². The van der Waals surface area contributed by atoms with Crippen molar-refractivity contribution < 1.29 is 14.3 Å². The Morgan fingerprint density at radius 3 is 2.65 bits per heavy atom. The summed E-state index contributed by atoms with van der Waals surface area (Å²) in [6.07, 6.45) is 6.69. The summed E-state index contributed by atoms with van der Waals surface area (Å²) < 4.78 is 15.9. The first-order valence-electron chi connectivity index (χ1n) is 11.8. The molecule has 0 aliphatic heterocycles. The lowest BCUT2D eigenvalue weighted by molar-refractivity contribution is -0.00177. The molecule has 4 aromatic rings. The van der Waals surface area contributed by atoms with Crippen LogP contribution in [0, 0.1) is 11.3 Å². The summed E-state index contributed by atoms with van der Waals surface area (Å²) in [5.74, 6) is 0.645. The lowest BCUT2D eigenvalue weighted by Gasteiger charge is -2.22. The number of rotatable bonds is 8. The molecule has 37 heavy (non-hydrogen) atoms. The summed E-state index contributed by atoms with van der Waals surface area (Å²) in [6.45, 7) is 2.32. The Morgan fingerprint density at radius 1 is 1.22 bits per heavy atom. The number of fused-ring (bicyclic) bond motifs is 1. The Morgan fingerprint density at radius 2 is 1.97 bits per heavy atom. The zero-order valence-corrected chi connectivity index (χ0v) is 20.3. The highest BCUT2D eigenvalue weighted by Gasteiger charge is 2.28. The predicted octanol–water partition coefficient (Wildman–Crippen LogP) is 3.52. The van der Waals surface area contributed by atoms with Crippen LogP contribution in [0.15, 0.2) is 49.1 Å². The van der Waals surface area contributed by atoms with Crippen molar-refractivity contribution in [2.24, 2.45) is 0 Å². The molecule has 1 fully saturated rings. The Labute approximate surface area is 212 Å². The van der Waals surface area contributed by atoms with Gasteiger partial charge in [0.2, 0.25) is 0 Å². The van der Waals surface area contributed by atoms with Crippen molar-refractivity contribution in [3.63, 3.8) is 0 Å². The van der Waals surface area contributed by atoms with Crippen LogP contribution in [0.1, 0.15) is 54.4 Å². The van der Waals surface area contributed by atoms with E-state index in [-0.39, 0.29) is 12.1 Å². The van der Waals surface area contributed by atoms with Crippen LogP contribution in [0.25, 0.3) is 16.9 Å². The quantitative estimate of drug-likeness (QED) is 0.334. The smallest absolute Gasteiger partial charge is 0.255 e. The maximum atomic E-state index is 14.3. The predicted molar refractivity (Wildman–Crippen MR) is 134 cm³/mol. The van der Waals surface area contributed by atoms with E-state index in [1.54, 1.807) is 29.0 Å². The van der Waals surface area contributed by atoms with E-state index in [0.29, 0.717) is 34.2 Å². The van der Waals surface area contributed by atoms with Crippen LogP contribution in [-0.2, 0) is 0 Å². The van der Waals surface area contributed by atoms with Gasteiger partial charge in [-0.05, 0) is 51.0 Å². The summed E-state index contributed by atoms with van der Waals surface area (Å²) in [5, 5.41) is 29.0. The highest BCUT2D eigenvalue weighted by Crippen LogP contribution is 2.38. The molecule has 0 aromatic carbocycles. The summed E-state index contributed by atoms with van der Waals surface area (Å²) in [7, 11) is 0. The van der Waals surface area contributed by atoms with Crippen molar-refractivity contribution in [2.45, 2.75) is 44.4 Å². The number of hydrogen-bond acceptors (Lipinski definition) is 8. The van der Waals surface area contributed by atoms with Gasteiger partial charge in [-0.15, -0.1) is 0 Å². The molecular formula is C26H25FN8O2. The number of carbonyl (C=O) groups is 1. The first-order valence-corrected chi connectivity index (χ1v) is 11.8. The topological polar surface area (TPSA) is 141 Å². The summed E-state index contributed by atoms with van der Waals surface area (Å²) >= 11 is 0. The second kappa shape index (κ2) is 9.55. The largest absolute Gasteiger partial charge is 0.387 e. The van der Waals surface area contributed by atoms with Crippen LogP contribution >= 0.6 is 0 Å². The number of nitriles is 1. The second-order valence-corrected chi connectivity index (χ2v) is 9.59. The minimum absolute atomic E-state index is 0.179. The average molecular weight is 501 g/mol. The van der Waals surface area contributed by atoms with Gasteiger partial charge >= 0.3 is 0 Å². The fraction of sp³-hybridized carbons (Fsp3) is 0.308. The minimum atomic E-state index is -1.65. The highest BCUT2D eigenvalue weighted by molar-refractivity contribution is 6.00. The third kappa shape index (κ3) is 5.24. The van der Waals surface area contributed by atoms with Crippen LogP contribution in [0.4, 0.5) is 15.8 Å². The van der Waals surface area contributed by atoms with Crippen molar-refractivity contribution in [1.29, 1.82) is 5.26 Å². The molecule has 1 saturated carbocycles. The van der Waals surface area contributed by atoms with Gasteiger partial charge in [0.25, 0.3) is 5.91 Å². The number of carbonyl (C=O) groups excluding carboxylic acids is 1. The molecule has 10 nitrogen and oxygen atoms in total. The van der Waals surface area contributed by atoms with Gasteiger partial charge in [-0.25, -0.2) is 18.9 Å². The van der Waals surface area contributed by atoms with Crippen LogP contribution < -0.4 is 10.6 Å². The Bertz CT molecular complexity index is 1500. The molecule has 3 N–H and O–H groups in total. The first kappa shape index (κ1) is 24.3. The number of aromatic nitrogens is 5. The fourth-order valence-electron chi connectivity index (χ4n) is 3.77. The third-order valence-electron chi connectivity index (χ3n) is 6.14. The van der Waals surface area contributed by atoms with Gasteiger partial charge in [0.15, 0.2) is 0 Å². The number of aliphatic hydroxyl groups is 1. The first-order chi connectivity index (χ1) is 17.7. The van der Waals surface area contributed by atoms with Gasteiger partial charge in [-0.2, -0.15) is 10.4 Å². The zero-order chi connectivity index (χ0) is 26.2. The molecule has 0 saturated heterocycles. The van der Waals surface area contributed by atoms with Gasteiger partial charge in [0.05, 0.1) is 70.1 Å². The highest BCUT2D eigenvalue weighted by atomic mass is 19.1. The van der Waals surface area contributed by atoms with Gasteiger partial charge in [-0.3, -0.25) is 9.78 Å². The Kier molecular flexibility index (Phi) is 6.27. The Hall–Kier alpha value is -4.43. The number of halogens is 1. The van der Waals surface area contributed by atoms with E-state index >= 15 is 0 Å². The van der Waals surface area contributed by atoms with Crippen molar-refractivity contribution in [2.75, 3.05) is 11.9 Å². The molecule has 0 radical (unpaired) electrons. The molecule has 0 spiro atoms. The molecule has 0 bridgehead atoms. The number of anilines is 2. The van der Waals surface area contributed by atoms with Crippen LogP contribution in [0.3, 0.4) is 0 Å². The number of alkyl halides is 1. The monoisotopic (exact) mass is 500 g/mol. The molecular weight excluding hydrogens is 475 g/mol. The number of pyridine rings is 1. The molecule has 0 unspecified atom stereocenters. The molecule has 188 valence electrons. The molecule has 1 aliphatic rings. The van der Waals surface area contributed by atoms with Gasteiger partial charge in [0, 0.05) is 12.1 Å². The molecule has 4 aromatic heterocycles. The van der Waals surface area contributed by atoms with Gasteiger partial charge in [0.1, 0.15) is 18.1 Å². The van der Waals surface area contributed by atoms with E-state index in [2.05, 4.69) is 36.8 Å².